The fourth-order valence-corrected chi connectivity index (χ4v) is 4.82. The van der Waals surface area contributed by atoms with Crippen molar-refractivity contribution < 1.29 is 28.8 Å². The van der Waals surface area contributed by atoms with Crippen LogP contribution in [0.4, 0.5) is 27.5 Å². The largest absolute Gasteiger partial charge is 0.351 e. The van der Waals surface area contributed by atoms with E-state index in [1.807, 2.05) is 32.9 Å². The summed E-state index contributed by atoms with van der Waals surface area (Å²) in [7, 11) is 0. The molecular weight excluding hydrogens is 542 g/mol. The summed E-state index contributed by atoms with van der Waals surface area (Å²) in [6.45, 7) is 6.30. The van der Waals surface area contributed by atoms with E-state index in [1.54, 1.807) is 36.4 Å². The number of carbonyl (C=O) groups excluding carboxylic acids is 3. The van der Waals surface area contributed by atoms with E-state index >= 15 is 0 Å². The zero-order valence-electron chi connectivity index (χ0n) is 23.6. The van der Waals surface area contributed by atoms with E-state index in [1.165, 1.54) is 29.2 Å². The van der Waals surface area contributed by atoms with Gasteiger partial charge in [-0.15, -0.1) is 0 Å². The highest BCUT2D eigenvalue weighted by Crippen LogP contribution is 2.43. The van der Waals surface area contributed by atoms with Gasteiger partial charge in [0.25, 0.3) is 11.6 Å². The summed E-state index contributed by atoms with van der Waals surface area (Å²) in [5.41, 5.74) is 0.839. The number of amides is 4. The molecule has 4 amide bonds. The minimum atomic E-state index is -1.78. The van der Waals surface area contributed by atoms with E-state index in [2.05, 4.69) is 16.0 Å². The summed E-state index contributed by atoms with van der Waals surface area (Å²) >= 11 is 0. The van der Waals surface area contributed by atoms with Gasteiger partial charge in [-0.25, -0.2) is 4.79 Å². The van der Waals surface area contributed by atoms with Crippen molar-refractivity contribution in [1.29, 1.82) is 0 Å². The van der Waals surface area contributed by atoms with Crippen LogP contribution in [0.5, 0.6) is 0 Å². The molecule has 1 atom stereocenters. The average Bonchev–Trinajstić information content (AvgIpc) is 3.17. The molecule has 1 aliphatic rings. The molecule has 0 saturated carbocycles. The van der Waals surface area contributed by atoms with Gasteiger partial charge in [0.15, 0.2) is 11.8 Å². The second-order valence-electron chi connectivity index (χ2n) is 9.65. The Morgan fingerprint density at radius 1 is 0.929 bits per heavy atom. The number of anilines is 3. The molecule has 0 bridgehead atoms. The SMILES string of the molecule is CCOC(CN1C(=O)[C@@](CC(=O)Nc2ccc(C)cc2)(NC(=O)Nc2ccc([N+](=O)[O-])cc2)c2ccccc21)OCC. The highest BCUT2D eigenvalue weighted by atomic mass is 16.7. The van der Waals surface area contributed by atoms with Gasteiger partial charge >= 0.3 is 6.03 Å². The van der Waals surface area contributed by atoms with Crippen LogP contribution in [-0.4, -0.2) is 48.8 Å². The lowest BCUT2D eigenvalue weighted by molar-refractivity contribution is -0.384. The summed E-state index contributed by atoms with van der Waals surface area (Å²) in [5.74, 6) is -1.03. The number of non-ortho nitro benzene ring substituents is 1. The maximum atomic E-state index is 14.3. The molecule has 0 aromatic heterocycles. The standard InChI is InChI=1S/C30H33N5O7/c1-4-41-27(42-5-2)19-34-25-9-7-6-8-24(25)30(28(34)37,18-26(36)31-21-12-10-20(3)11-13-21)33-29(38)32-22-14-16-23(17-15-22)35(39)40/h6-17,27H,4-5,18-19H2,1-3H3,(H,31,36)(H2,32,33,38)/t30-/m0/s1. The number of carbonyl (C=O) groups is 3. The second-order valence-corrected chi connectivity index (χ2v) is 9.65. The zero-order valence-corrected chi connectivity index (χ0v) is 23.6. The average molecular weight is 576 g/mol. The van der Waals surface area contributed by atoms with Crippen LogP contribution < -0.4 is 20.9 Å². The topological polar surface area (TPSA) is 152 Å². The van der Waals surface area contributed by atoms with Crippen LogP contribution in [0.25, 0.3) is 0 Å². The summed E-state index contributed by atoms with van der Waals surface area (Å²) in [6, 6.07) is 18.6. The summed E-state index contributed by atoms with van der Waals surface area (Å²) < 4.78 is 11.4. The molecule has 3 aromatic rings. The Hall–Kier alpha value is -4.81. The van der Waals surface area contributed by atoms with Crippen LogP contribution in [-0.2, 0) is 24.6 Å². The van der Waals surface area contributed by atoms with Crippen LogP contribution >= 0.6 is 0 Å². The first-order valence-corrected chi connectivity index (χ1v) is 13.5. The number of nitro groups is 1. The molecule has 3 aromatic carbocycles. The smallest absolute Gasteiger partial charge is 0.320 e. The van der Waals surface area contributed by atoms with Gasteiger partial charge in [0.05, 0.1) is 23.6 Å². The van der Waals surface area contributed by atoms with Crippen LogP contribution in [0.2, 0.25) is 0 Å². The summed E-state index contributed by atoms with van der Waals surface area (Å²) in [5, 5.41) is 19.2. The fraction of sp³-hybridized carbons (Fsp3) is 0.300. The maximum absolute atomic E-state index is 14.3. The molecule has 0 unspecified atom stereocenters. The Bertz CT molecular complexity index is 1440. The molecule has 0 saturated heterocycles. The van der Waals surface area contributed by atoms with E-state index < -0.39 is 41.0 Å². The number of fused-ring (bicyclic) bond motifs is 1. The predicted molar refractivity (Wildman–Crippen MR) is 157 cm³/mol. The van der Waals surface area contributed by atoms with Gasteiger partial charge in [0.2, 0.25) is 5.91 Å². The first-order valence-electron chi connectivity index (χ1n) is 13.5. The van der Waals surface area contributed by atoms with Gasteiger partial charge in [0.1, 0.15) is 0 Å². The van der Waals surface area contributed by atoms with Crippen molar-refractivity contribution >= 4 is 40.6 Å². The molecule has 0 spiro atoms. The zero-order chi connectivity index (χ0) is 30.3. The molecule has 12 nitrogen and oxygen atoms in total. The minimum absolute atomic E-state index is 0.0323. The lowest BCUT2D eigenvalue weighted by Gasteiger charge is -2.30. The monoisotopic (exact) mass is 575 g/mol. The molecule has 1 aliphatic heterocycles. The number of ether oxygens (including phenoxy) is 2. The predicted octanol–water partition coefficient (Wildman–Crippen LogP) is 4.69. The van der Waals surface area contributed by atoms with Crippen molar-refractivity contribution in [3.63, 3.8) is 0 Å². The van der Waals surface area contributed by atoms with Crippen LogP contribution in [0, 0.1) is 17.0 Å². The Balaban J connectivity index is 1.68. The molecule has 3 N–H and O–H groups in total. The number of nitro benzene ring substituents is 1. The Morgan fingerprint density at radius 2 is 1.52 bits per heavy atom. The van der Waals surface area contributed by atoms with Gasteiger partial charge in [-0.2, -0.15) is 0 Å². The van der Waals surface area contributed by atoms with Crippen LogP contribution in [0.3, 0.4) is 0 Å². The number of rotatable bonds is 12. The maximum Gasteiger partial charge on any atom is 0.320 e. The molecule has 12 heteroatoms. The third-order valence-corrected chi connectivity index (χ3v) is 6.73. The van der Waals surface area contributed by atoms with Gasteiger partial charge in [-0.05, 0) is 51.1 Å². The van der Waals surface area contributed by atoms with Crippen molar-refractivity contribution in [1.82, 2.24) is 5.32 Å². The van der Waals surface area contributed by atoms with Crippen molar-refractivity contribution in [2.24, 2.45) is 0 Å². The van der Waals surface area contributed by atoms with Gasteiger partial charge in [-0.3, -0.25) is 19.7 Å². The molecule has 0 aliphatic carbocycles. The molecular formula is C30H33N5O7. The normalized spacial score (nSPS) is 15.8. The quantitative estimate of drug-likeness (QED) is 0.161. The minimum Gasteiger partial charge on any atom is -0.351 e. The number of hydrogen-bond acceptors (Lipinski definition) is 7. The number of nitrogens with one attached hydrogen (secondary N) is 3. The highest BCUT2D eigenvalue weighted by Gasteiger charge is 2.53. The molecule has 1 heterocycles. The molecule has 220 valence electrons. The lowest BCUT2D eigenvalue weighted by atomic mass is 9.87. The third-order valence-electron chi connectivity index (χ3n) is 6.73. The second kappa shape index (κ2) is 13.2. The van der Waals surface area contributed by atoms with Crippen molar-refractivity contribution in [3.8, 4) is 0 Å². The summed E-state index contributed by atoms with van der Waals surface area (Å²) in [4.78, 5) is 53.0. The van der Waals surface area contributed by atoms with Crippen molar-refractivity contribution in [2.75, 3.05) is 35.3 Å². The van der Waals surface area contributed by atoms with E-state index in [-0.39, 0.29) is 17.9 Å². The van der Waals surface area contributed by atoms with Crippen molar-refractivity contribution in [3.05, 3.63) is 94.0 Å². The van der Waals surface area contributed by atoms with Gasteiger partial charge in [0, 0.05) is 42.3 Å². The van der Waals surface area contributed by atoms with E-state index in [9.17, 15) is 24.5 Å². The molecule has 0 radical (unpaired) electrons. The first kappa shape index (κ1) is 30.2. The Labute approximate surface area is 243 Å². The molecule has 4 rings (SSSR count). The highest BCUT2D eigenvalue weighted by molar-refractivity contribution is 6.12. The number of benzene rings is 3. The molecule has 42 heavy (non-hydrogen) atoms. The Morgan fingerprint density at radius 3 is 2.14 bits per heavy atom. The van der Waals surface area contributed by atoms with E-state index in [4.69, 9.17) is 9.47 Å². The number of nitrogens with zero attached hydrogens (tertiary/aromatic N) is 2. The van der Waals surface area contributed by atoms with Crippen LogP contribution in [0.1, 0.15) is 31.4 Å². The van der Waals surface area contributed by atoms with Gasteiger partial charge < -0.3 is 30.3 Å². The van der Waals surface area contributed by atoms with Crippen LogP contribution in [0.15, 0.2) is 72.8 Å². The number of para-hydroxylation sites is 1. The number of urea groups is 1. The van der Waals surface area contributed by atoms with Crippen molar-refractivity contribution in [2.45, 2.75) is 39.0 Å². The third kappa shape index (κ3) is 6.73. The first-order chi connectivity index (χ1) is 20.2. The van der Waals surface area contributed by atoms with Gasteiger partial charge in [-0.1, -0.05) is 35.9 Å². The Kier molecular flexibility index (Phi) is 9.50. The van der Waals surface area contributed by atoms with E-state index in [0.29, 0.717) is 30.2 Å². The van der Waals surface area contributed by atoms with E-state index in [0.717, 1.165) is 5.56 Å². The fourth-order valence-electron chi connectivity index (χ4n) is 4.82. The number of hydrogen-bond donors (Lipinski definition) is 3. The molecule has 0 fully saturated rings. The number of aryl methyl sites for hydroxylation is 1. The lowest BCUT2D eigenvalue weighted by Crippen LogP contribution is -2.56. The summed E-state index contributed by atoms with van der Waals surface area (Å²) in [6.07, 6.45) is -1.14.